The molecule has 0 bridgehead atoms. The van der Waals surface area contributed by atoms with Gasteiger partial charge in [-0.3, -0.25) is 43.8 Å². The number of rotatable bonds is 16. The Labute approximate surface area is 376 Å². The van der Waals surface area contributed by atoms with Crippen LogP contribution in [-0.4, -0.2) is 121 Å². The molecule has 21 nitrogen and oxygen atoms in total. The van der Waals surface area contributed by atoms with Gasteiger partial charge < -0.3 is 46.1 Å². The lowest BCUT2D eigenvalue weighted by Gasteiger charge is -2.43. The fourth-order valence-corrected chi connectivity index (χ4v) is 8.87. The van der Waals surface area contributed by atoms with E-state index < -0.39 is 129 Å². The Morgan fingerprint density at radius 3 is 2.39 bits per heavy atom. The van der Waals surface area contributed by atoms with Crippen LogP contribution in [0.4, 0.5) is 5.69 Å². The number of carbonyl (C=O) groups is 6. The van der Waals surface area contributed by atoms with Crippen molar-refractivity contribution in [1.82, 2.24) is 10.3 Å². The molecule has 2 aliphatic carbocycles. The number of ketones is 3. The molecule has 348 valence electrons. The number of phenolic OH excluding ortho intramolecular Hbond substituents is 2. The molecule has 1 fully saturated rings. The molecule has 3 amide bonds. The molecule has 0 aromatic heterocycles. The summed E-state index contributed by atoms with van der Waals surface area (Å²) in [6, 6.07) is 6.60. The summed E-state index contributed by atoms with van der Waals surface area (Å²) in [5.74, 6) is -5.32. The Morgan fingerprint density at radius 1 is 1.02 bits per heavy atom. The fraction of sp³-hybridized carbons (Fsp3) is 0.400. The molecule has 2 aliphatic heterocycles. The molecule has 21 heteroatoms. The first-order chi connectivity index (χ1) is 31.4. The van der Waals surface area contributed by atoms with E-state index >= 15 is 0 Å². The Balaban J connectivity index is 1.14. The molecule has 1 saturated heterocycles. The number of Topliss-reactive ketones (excluding diaryl/α,β-unsaturated/α-hetero) is 1. The van der Waals surface area contributed by atoms with E-state index in [-0.39, 0.29) is 65.2 Å². The minimum absolute atomic E-state index is 0.0313. The molecule has 0 radical (unpaired) electrons. The van der Waals surface area contributed by atoms with Crippen LogP contribution in [0.5, 0.6) is 17.2 Å². The predicted molar refractivity (Wildman–Crippen MR) is 230 cm³/mol. The number of ether oxygens (including phenoxy) is 3. The third-order valence-electron chi connectivity index (χ3n) is 12.4. The predicted octanol–water partition coefficient (Wildman–Crippen LogP) is 1.69. The van der Waals surface area contributed by atoms with E-state index in [1.54, 1.807) is 6.92 Å². The summed E-state index contributed by atoms with van der Waals surface area (Å²) in [7, 11) is 1.29. The van der Waals surface area contributed by atoms with Gasteiger partial charge in [0.1, 0.15) is 34.2 Å². The van der Waals surface area contributed by atoms with Gasteiger partial charge in [-0.15, -0.1) is 0 Å². The highest BCUT2D eigenvalue weighted by atomic mass is 16.7. The molecule has 0 unspecified atom stereocenters. The van der Waals surface area contributed by atoms with E-state index in [9.17, 15) is 59.3 Å². The van der Waals surface area contributed by atoms with Crippen molar-refractivity contribution in [3.8, 4) is 17.2 Å². The van der Waals surface area contributed by atoms with Gasteiger partial charge in [-0.2, -0.15) is 5.10 Å². The number of fused-ring (bicyclic) bond motifs is 3. The quantitative estimate of drug-likeness (QED) is 0.0210. The topological polar surface area (TPSA) is 334 Å². The number of aliphatic hydroxyl groups excluding tert-OH is 1. The molecule has 66 heavy (non-hydrogen) atoms. The zero-order chi connectivity index (χ0) is 47.8. The molecule has 0 spiro atoms. The zero-order valence-corrected chi connectivity index (χ0v) is 35.9. The molecule has 3 aromatic rings. The molecule has 6 atom stereocenters. The number of benzene rings is 3. The van der Waals surface area contributed by atoms with Crippen LogP contribution in [0.25, 0.3) is 0 Å². The minimum atomic E-state index is -2.34. The normalized spacial score (nSPS) is 23.6. The summed E-state index contributed by atoms with van der Waals surface area (Å²) in [4.78, 5) is 90.2. The number of nitrogens with zero attached hydrogens (tertiary/aromatic N) is 3. The smallest absolute Gasteiger partial charge is 0.282 e. The van der Waals surface area contributed by atoms with Crippen LogP contribution in [0.2, 0.25) is 0 Å². The van der Waals surface area contributed by atoms with Crippen LogP contribution in [-0.2, 0) is 36.7 Å². The lowest BCUT2D eigenvalue weighted by Crippen LogP contribution is -2.56. The van der Waals surface area contributed by atoms with Crippen molar-refractivity contribution in [2.24, 2.45) is 16.6 Å². The van der Waals surface area contributed by atoms with E-state index in [1.807, 2.05) is 0 Å². The largest absolute Gasteiger partial charge is 0.507 e. The summed E-state index contributed by atoms with van der Waals surface area (Å²) in [6.07, 6.45) is -0.608. The van der Waals surface area contributed by atoms with Crippen LogP contribution >= 0.6 is 0 Å². The third kappa shape index (κ3) is 8.95. The highest BCUT2D eigenvalue weighted by Gasteiger charge is 2.49. The number of nitrogens with two attached hydrogens (primary N) is 2. The second-order valence-corrected chi connectivity index (χ2v) is 16.6. The molecular formula is C45H48N6O15. The fourth-order valence-electron chi connectivity index (χ4n) is 8.87. The summed E-state index contributed by atoms with van der Waals surface area (Å²) in [5.41, 5.74) is 8.98. The maximum absolute atomic E-state index is 14.1. The number of phenols is 2. The van der Waals surface area contributed by atoms with Crippen LogP contribution in [0.1, 0.15) is 110 Å². The van der Waals surface area contributed by atoms with E-state index in [1.165, 1.54) is 43.5 Å². The molecule has 9 N–H and O–H groups in total. The first kappa shape index (κ1) is 47.2. The number of unbranched alkanes of at least 4 members (excludes halogenated alkanes) is 2. The first-order valence-corrected chi connectivity index (χ1v) is 21.1. The van der Waals surface area contributed by atoms with E-state index in [2.05, 4.69) is 10.5 Å². The van der Waals surface area contributed by atoms with Crippen LogP contribution < -0.4 is 21.6 Å². The average Bonchev–Trinajstić information content (AvgIpc) is 3.60. The van der Waals surface area contributed by atoms with E-state index in [0.717, 1.165) is 17.0 Å². The van der Waals surface area contributed by atoms with Gasteiger partial charge >= 0.3 is 0 Å². The maximum atomic E-state index is 14.1. The standard InChI is InChI=1S/C45H48N6O15/c1-21-39(47)27(46)17-34(65-21)66-30-19-45(61,18-26-36(30)43(59)38-37(41(26)57)40(56)25-8-6-9-29(64-2)35(25)42(38)58)31(20-52)48-49-44(60)24-11-10-22(16-28(24)51(62)63)15-23(53)7-4-3-5-14-50-32(54)12-13-33(50)55/h6,8-13,16,21,27,30,34,39,52,57,59,61H,3-5,7,14-15,17-20,46-47H2,1-2H3,(H,49,60)/b48-31+/t21-,27-,30-,34-,39+,45-/m0/s1. The van der Waals surface area contributed by atoms with Crippen molar-refractivity contribution < 1.29 is 68.3 Å². The Bertz CT molecular complexity index is 2580. The number of methoxy groups -OCH3 is 1. The number of amides is 3. The van der Waals surface area contributed by atoms with Crippen molar-refractivity contribution in [2.45, 2.75) is 94.5 Å². The van der Waals surface area contributed by atoms with Gasteiger partial charge in [0.15, 0.2) is 12.1 Å². The molecular weight excluding hydrogens is 865 g/mol. The Kier molecular flexibility index (Phi) is 13.6. The van der Waals surface area contributed by atoms with Crippen molar-refractivity contribution >= 4 is 46.5 Å². The number of aromatic hydroxyl groups is 2. The number of nitro groups is 1. The van der Waals surface area contributed by atoms with Gasteiger partial charge in [0.25, 0.3) is 23.4 Å². The lowest BCUT2D eigenvalue weighted by molar-refractivity contribution is -0.385. The van der Waals surface area contributed by atoms with Crippen LogP contribution in [0.3, 0.4) is 0 Å². The van der Waals surface area contributed by atoms with Crippen molar-refractivity contribution in [1.29, 1.82) is 0 Å². The Morgan fingerprint density at radius 2 is 1.73 bits per heavy atom. The number of nitro benzene ring substituents is 1. The number of aliphatic hydroxyl groups is 2. The number of nitrogens with one attached hydrogen (secondary N) is 1. The Hall–Kier alpha value is -6.75. The second kappa shape index (κ2) is 19.0. The summed E-state index contributed by atoms with van der Waals surface area (Å²) in [5, 5.41) is 62.9. The van der Waals surface area contributed by atoms with Crippen molar-refractivity contribution in [3.63, 3.8) is 0 Å². The van der Waals surface area contributed by atoms with Crippen molar-refractivity contribution in [2.75, 3.05) is 20.3 Å². The zero-order valence-electron chi connectivity index (χ0n) is 35.9. The third-order valence-corrected chi connectivity index (χ3v) is 12.4. The summed E-state index contributed by atoms with van der Waals surface area (Å²) in [6.45, 7) is 0.841. The van der Waals surface area contributed by atoms with E-state index in [0.29, 0.717) is 19.3 Å². The molecule has 0 saturated carbocycles. The highest BCUT2D eigenvalue weighted by Crippen LogP contribution is 2.52. The number of hydrogen-bond donors (Lipinski definition) is 7. The number of hydrogen-bond acceptors (Lipinski definition) is 18. The van der Waals surface area contributed by atoms with Gasteiger partial charge in [0, 0.05) is 85.6 Å². The monoisotopic (exact) mass is 912 g/mol. The van der Waals surface area contributed by atoms with Crippen LogP contribution in [0.15, 0.2) is 53.7 Å². The van der Waals surface area contributed by atoms with E-state index in [4.69, 9.17) is 25.7 Å². The van der Waals surface area contributed by atoms with Crippen LogP contribution in [0, 0.1) is 10.1 Å². The number of carbonyl (C=O) groups excluding carboxylic acids is 6. The molecule has 2 heterocycles. The number of imide groups is 1. The average molecular weight is 913 g/mol. The number of hydrazone groups is 1. The summed E-state index contributed by atoms with van der Waals surface area (Å²) >= 11 is 0. The SMILES string of the molecule is COc1cccc2c1C(=O)c1c(O)c3c(c(O)c1C2=O)C[C@@](O)(/C(CO)=N/NC(=O)c1ccc(CC(=O)CCCCCN2C(=O)C=CC2=O)cc1[N+](=O)[O-])C[C@@H]3O[C@H]1C[C@H](N)[C@H](N)[C@H](C)O1. The maximum Gasteiger partial charge on any atom is 0.282 e. The van der Waals surface area contributed by atoms with Gasteiger partial charge in [-0.1, -0.05) is 24.6 Å². The van der Waals surface area contributed by atoms with Crippen molar-refractivity contribution in [3.05, 3.63) is 103 Å². The van der Waals surface area contributed by atoms with Gasteiger partial charge in [0.2, 0.25) is 5.78 Å². The second-order valence-electron chi connectivity index (χ2n) is 16.6. The minimum Gasteiger partial charge on any atom is -0.507 e. The first-order valence-electron chi connectivity index (χ1n) is 21.1. The van der Waals surface area contributed by atoms with Gasteiger partial charge in [-0.25, -0.2) is 5.43 Å². The highest BCUT2D eigenvalue weighted by molar-refractivity contribution is 6.31. The molecule has 3 aromatic carbocycles. The molecule has 4 aliphatic rings. The van der Waals surface area contributed by atoms with Gasteiger partial charge in [0.05, 0.1) is 53.2 Å². The van der Waals surface area contributed by atoms with Gasteiger partial charge in [-0.05, 0) is 37.5 Å². The lowest BCUT2D eigenvalue weighted by atomic mass is 9.71. The molecule has 7 rings (SSSR count). The summed E-state index contributed by atoms with van der Waals surface area (Å²) < 4.78 is 17.6.